The molecule has 0 saturated carbocycles. The van der Waals surface area contributed by atoms with Crippen molar-refractivity contribution >= 4 is 33.3 Å². The number of ether oxygens (including phenoxy) is 1. The predicted molar refractivity (Wildman–Crippen MR) is 83.7 cm³/mol. The van der Waals surface area contributed by atoms with Crippen molar-refractivity contribution in [2.45, 2.75) is 20.0 Å². The Morgan fingerprint density at radius 2 is 1.91 bits per heavy atom. The van der Waals surface area contributed by atoms with Gasteiger partial charge in [0.2, 0.25) is 0 Å². The highest BCUT2D eigenvalue weighted by Crippen LogP contribution is 2.36. The molecule has 1 heterocycles. The van der Waals surface area contributed by atoms with Gasteiger partial charge in [-0.1, -0.05) is 25.4 Å². The zero-order chi connectivity index (χ0) is 16.4. The maximum absolute atomic E-state index is 14.1. The van der Waals surface area contributed by atoms with Crippen LogP contribution in [0.1, 0.15) is 25.5 Å². The van der Waals surface area contributed by atoms with E-state index in [4.69, 9.17) is 22.1 Å². The van der Waals surface area contributed by atoms with E-state index >= 15 is 0 Å². The third-order valence-corrected chi connectivity index (χ3v) is 3.71. The van der Waals surface area contributed by atoms with Gasteiger partial charge in [0.15, 0.2) is 5.82 Å². The standard InChI is InChI=1S/C14H13BrClF2N3O/c1-6(2)12(10-7(17)3-4-8(18)11(10)16)22-14-13(19)20-5-9(15)21-14/h3-6,12H,1-2H3,(H2,19,20). The highest BCUT2D eigenvalue weighted by atomic mass is 79.9. The number of hydrogen-bond donors (Lipinski definition) is 1. The SMILES string of the molecule is CC(C)C(Oc1nc(Br)cnc1N)c1c(F)ccc(F)c1Cl. The Bertz CT molecular complexity index is 700. The molecule has 2 aromatic rings. The fraction of sp³-hybridized carbons (Fsp3) is 0.286. The Labute approximate surface area is 139 Å². The van der Waals surface area contributed by atoms with Gasteiger partial charge in [-0.15, -0.1) is 0 Å². The molecule has 118 valence electrons. The van der Waals surface area contributed by atoms with E-state index in [9.17, 15) is 8.78 Å². The second-order valence-electron chi connectivity index (χ2n) is 4.92. The van der Waals surface area contributed by atoms with Gasteiger partial charge in [0.05, 0.1) is 16.8 Å². The molecule has 4 nitrogen and oxygen atoms in total. The average molecular weight is 393 g/mol. The summed E-state index contributed by atoms with van der Waals surface area (Å²) in [5.41, 5.74) is 5.63. The maximum atomic E-state index is 14.1. The number of aromatic nitrogens is 2. The fourth-order valence-corrected chi connectivity index (χ4v) is 2.42. The molecule has 2 rings (SSSR count). The lowest BCUT2D eigenvalue weighted by molar-refractivity contribution is 0.142. The van der Waals surface area contributed by atoms with Crippen LogP contribution < -0.4 is 10.5 Å². The third kappa shape index (κ3) is 3.47. The number of nitrogen functional groups attached to an aromatic ring is 1. The Kier molecular flexibility index (Phi) is 5.18. The smallest absolute Gasteiger partial charge is 0.258 e. The first-order chi connectivity index (χ1) is 10.3. The molecule has 8 heteroatoms. The maximum Gasteiger partial charge on any atom is 0.258 e. The van der Waals surface area contributed by atoms with E-state index in [2.05, 4.69) is 25.9 Å². The van der Waals surface area contributed by atoms with Crippen LogP contribution in [0.5, 0.6) is 5.88 Å². The molecule has 0 amide bonds. The number of nitrogens with two attached hydrogens (primary N) is 1. The summed E-state index contributed by atoms with van der Waals surface area (Å²) in [4.78, 5) is 7.94. The molecule has 1 unspecified atom stereocenters. The van der Waals surface area contributed by atoms with Gasteiger partial charge in [-0.25, -0.2) is 18.7 Å². The largest absolute Gasteiger partial charge is 0.466 e. The third-order valence-electron chi connectivity index (χ3n) is 2.95. The van der Waals surface area contributed by atoms with E-state index in [1.54, 1.807) is 13.8 Å². The summed E-state index contributed by atoms with van der Waals surface area (Å²) < 4.78 is 33.8. The average Bonchev–Trinajstić information content (AvgIpc) is 2.45. The van der Waals surface area contributed by atoms with Crippen molar-refractivity contribution in [3.05, 3.63) is 45.2 Å². The monoisotopic (exact) mass is 391 g/mol. The Balaban J connectivity index is 2.48. The molecule has 2 N–H and O–H groups in total. The minimum absolute atomic E-state index is 0.0211. The van der Waals surface area contributed by atoms with Crippen molar-refractivity contribution in [2.24, 2.45) is 5.92 Å². The normalized spacial score (nSPS) is 12.5. The summed E-state index contributed by atoms with van der Waals surface area (Å²) in [6.07, 6.45) is 0.539. The molecule has 0 aliphatic carbocycles. The van der Waals surface area contributed by atoms with E-state index in [1.807, 2.05) is 0 Å². The first kappa shape index (κ1) is 16.9. The molecule has 0 saturated heterocycles. The first-order valence-electron chi connectivity index (χ1n) is 6.39. The summed E-state index contributed by atoms with van der Waals surface area (Å²) in [7, 11) is 0. The van der Waals surface area contributed by atoms with Gasteiger partial charge in [0.1, 0.15) is 22.3 Å². The van der Waals surface area contributed by atoms with Crippen LogP contribution in [-0.4, -0.2) is 9.97 Å². The zero-order valence-corrected chi connectivity index (χ0v) is 14.1. The zero-order valence-electron chi connectivity index (χ0n) is 11.8. The quantitative estimate of drug-likeness (QED) is 0.777. The van der Waals surface area contributed by atoms with E-state index < -0.39 is 17.7 Å². The molecular weight excluding hydrogens is 380 g/mol. The Hall–Kier alpha value is -1.47. The summed E-state index contributed by atoms with van der Waals surface area (Å²) in [6, 6.07) is 1.97. The van der Waals surface area contributed by atoms with Gasteiger partial charge in [-0.05, 0) is 34.0 Å². The van der Waals surface area contributed by atoms with E-state index in [1.165, 1.54) is 6.20 Å². The lowest BCUT2D eigenvalue weighted by Crippen LogP contribution is -2.18. The summed E-state index contributed by atoms with van der Waals surface area (Å²) in [5, 5.41) is -0.319. The fourth-order valence-electron chi connectivity index (χ4n) is 1.90. The van der Waals surface area contributed by atoms with Gasteiger partial charge in [-0.3, -0.25) is 0 Å². The molecule has 1 aromatic carbocycles. The number of anilines is 1. The van der Waals surface area contributed by atoms with E-state index in [0.717, 1.165) is 12.1 Å². The minimum atomic E-state index is -0.867. The molecule has 1 aromatic heterocycles. The number of benzene rings is 1. The van der Waals surface area contributed by atoms with Crippen molar-refractivity contribution < 1.29 is 13.5 Å². The van der Waals surface area contributed by atoms with Gasteiger partial charge in [0, 0.05) is 0 Å². The number of hydrogen-bond acceptors (Lipinski definition) is 4. The van der Waals surface area contributed by atoms with Crippen LogP contribution in [0.2, 0.25) is 5.02 Å². The van der Waals surface area contributed by atoms with E-state index in [0.29, 0.717) is 4.60 Å². The van der Waals surface area contributed by atoms with E-state index in [-0.39, 0.29) is 28.2 Å². The predicted octanol–water partition coefficient (Wildman–Crippen LogP) is 4.53. The summed E-state index contributed by atoms with van der Waals surface area (Å²) >= 11 is 9.05. The lowest BCUT2D eigenvalue weighted by atomic mass is 9.98. The molecule has 0 fully saturated rings. The van der Waals surface area contributed by atoms with Crippen LogP contribution in [0.15, 0.2) is 22.9 Å². The van der Waals surface area contributed by atoms with Crippen LogP contribution in [0.4, 0.5) is 14.6 Å². The van der Waals surface area contributed by atoms with Crippen LogP contribution >= 0.6 is 27.5 Å². The number of rotatable bonds is 4. The molecule has 0 aliphatic heterocycles. The van der Waals surface area contributed by atoms with Crippen molar-refractivity contribution in [1.29, 1.82) is 0 Å². The summed E-state index contributed by atoms with van der Waals surface area (Å²) in [5.74, 6) is -1.53. The van der Waals surface area contributed by atoms with Crippen molar-refractivity contribution in [1.82, 2.24) is 9.97 Å². The molecule has 0 spiro atoms. The molecule has 0 bridgehead atoms. The van der Waals surface area contributed by atoms with Gasteiger partial charge < -0.3 is 10.5 Å². The summed E-state index contributed by atoms with van der Waals surface area (Å²) in [6.45, 7) is 3.57. The molecular formula is C14H13BrClF2N3O. The Morgan fingerprint density at radius 1 is 1.27 bits per heavy atom. The first-order valence-corrected chi connectivity index (χ1v) is 7.56. The van der Waals surface area contributed by atoms with Crippen molar-refractivity contribution in [3.63, 3.8) is 0 Å². The highest BCUT2D eigenvalue weighted by Gasteiger charge is 2.27. The van der Waals surface area contributed by atoms with Crippen molar-refractivity contribution in [3.8, 4) is 5.88 Å². The molecule has 0 radical (unpaired) electrons. The highest BCUT2D eigenvalue weighted by molar-refractivity contribution is 9.10. The molecule has 1 atom stereocenters. The second kappa shape index (κ2) is 6.75. The van der Waals surface area contributed by atoms with Crippen LogP contribution in [0.3, 0.4) is 0 Å². The van der Waals surface area contributed by atoms with Gasteiger partial charge in [0.25, 0.3) is 5.88 Å². The van der Waals surface area contributed by atoms with Crippen LogP contribution in [0, 0.1) is 17.6 Å². The molecule has 22 heavy (non-hydrogen) atoms. The van der Waals surface area contributed by atoms with Gasteiger partial charge in [-0.2, -0.15) is 0 Å². The number of halogens is 4. The van der Waals surface area contributed by atoms with Crippen LogP contribution in [0.25, 0.3) is 0 Å². The van der Waals surface area contributed by atoms with Gasteiger partial charge >= 0.3 is 0 Å². The lowest BCUT2D eigenvalue weighted by Gasteiger charge is -2.24. The number of nitrogens with zero attached hydrogens (tertiary/aromatic N) is 2. The minimum Gasteiger partial charge on any atom is -0.466 e. The molecule has 0 aliphatic rings. The van der Waals surface area contributed by atoms with Crippen LogP contribution in [-0.2, 0) is 0 Å². The Morgan fingerprint density at radius 3 is 2.55 bits per heavy atom. The second-order valence-corrected chi connectivity index (χ2v) is 6.11. The topological polar surface area (TPSA) is 61.0 Å². The van der Waals surface area contributed by atoms with Crippen molar-refractivity contribution in [2.75, 3.05) is 5.73 Å².